The normalized spacial score (nSPS) is 10.1. The van der Waals surface area contributed by atoms with E-state index in [9.17, 15) is 20.2 Å². The number of nitrogens with zero attached hydrogens (tertiary/aromatic N) is 2. The fourth-order valence-electron chi connectivity index (χ4n) is 2.20. The second kappa shape index (κ2) is 9.22. The van der Waals surface area contributed by atoms with E-state index in [1.54, 1.807) is 12.1 Å². The Morgan fingerprint density at radius 1 is 0.778 bits per heavy atom. The molecule has 10 heteroatoms. The highest BCUT2D eigenvalue weighted by Gasteiger charge is 2.18. The number of hydrogen-bond acceptors (Lipinski definition) is 8. The summed E-state index contributed by atoms with van der Waals surface area (Å²) in [6, 6.07) is 8.55. The molecular weight excluding hydrogens is 360 g/mol. The lowest BCUT2D eigenvalue weighted by Gasteiger charge is -2.10. The van der Waals surface area contributed by atoms with Crippen LogP contribution in [0.25, 0.3) is 0 Å². The highest BCUT2D eigenvalue weighted by atomic mass is 16.6. The summed E-state index contributed by atoms with van der Waals surface area (Å²) in [5, 5.41) is 22.2. The maximum absolute atomic E-state index is 11.1. The molecule has 0 amide bonds. The number of hydrogen-bond donors (Lipinski definition) is 0. The second-order valence-corrected chi connectivity index (χ2v) is 5.23. The largest absolute Gasteiger partial charge is 0.496 e. The molecule has 0 aliphatic rings. The molecule has 0 atom stereocenters. The zero-order chi connectivity index (χ0) is 19.8. The van der Waals surface area contributed by atoms with Crippen molar-refractivity contribution < 1.29 is 28.8 Å². The van der Waals surface area contributed by atoms with E-state index in [0.29, 0.717) is 17.9 Å². The van der Waals surface area contributed by atoms with Crippen molar-refractivity contribution in [2.24, 2.45) is 0 Å². The molecule has 0 saturated carbocycles. The van der Waals surface area contributed by atoms with Crippen LogP contribution < -0.4 is 18.9 Å². The topological polar surface area (TPSA) is 123 Å². The minimum Gasteiger partial charge on any atom is -0.496 e. The van der Waals surface area contributed by atoms with E-state index in [0.717, 1.165) is 0 Å². The summed E-state index contributed by atoms with van der Waals surface area (Å²) in [5.74, 6) is 0.917. The Bertz CT molecular complexity index is 757. The van der Waals surface area contributed by atoms with Crippen LogP contribution in [-0.2, 0) is 0 Å². The predicted octanol–water partition coefficient (Wildman–Crippen LogP) is 3.37. The molecule has 10 nitrogen and oxygen atoms in total. The fourth-order valence-corrected chi connectivity index (χ4v) is 2.20. The second-order valence-electron chi connectivity index (χ2n) is 5.23. The minimum atomic E-state index is -0.560. The first-order valence-electron chi connectivity index (χ1n) is 7.86. The number of nitro benzene ring substituents is 2. The van der Waals surface area contributed by atoms with Crippen molar-refractivity contribution in [1.29, 1.82) is 0 Å². The average molecular weight is 378 g/mol. The summed E-state index contributed by atoms with van der Waals surface area (Å²) < 4.78 is 20.7. The average Bonchev–Trinajstić information content (AvgIpc) is 2.67. The zero-order valence-electron chi connectivity index (χ0n) is 14.7. The van der Waals surface area contributed by atoms with Gasteiger partial charge in [0.2, 0.25) is 0 Å². The Morgan fingerprint density at radius 3 is 1.52 bits per heavy atom. The third-order valence-electron chi connectivity index (χ3n) is 3.53. The van der Waals surface area contributed by atoms with E-state index >= 15 is 0 Å². The van der Waals surface area contributed by atoms with Crippen LogP contribution in [-0.4, -0.2) is 37.3 Å². The standard InChI is InChI=1S/C17H18N2O8/c1-24-12-4-6-16(14(10-12)18(20)21)26-8-3-9-27-17-7-5-13(25-2)11-15(17)19(22)23/h4-7,10-11H,3,8-9H2,1-2H3. The molecular formula is C17H18N2O8. The first-order chi connectivity index (χ1) is 13.0. The Hall–Kier alpha value is -3.56. The molecule has 0 fully saturated rings. The third-order valence-corrected chi connectivity index (χ3v) is 3.53. The number of benzene rings is 2. The van der Waals surface area contributed by atoms with Gasteiger partial charge in [0.1, 0.15) is 11.5 Å². The molecule has 27 heavy (non-hydrogen) atoms. The van der Waals surface area contributed by atoms with Gasteiger partial charge in [-0.3, -0.25) is 20.2 Å². The molecule has 2 aromatic carbocycles. The smallest absolute Gasteiger partial charge is 0.314 e. The molecule has 2 rings (SSSR count). The van der Waals surface area contributed by atoms with Gasteiger partial charge >= 0.3 is 11.4 Å². The lowest BCUT2D eigenvalue weighted by atomic mass is 10.2. The zero-order valence-corrected chi connectivity index (χ0v) is 14.7. The maximum atomic E-state index is 11.1. The number of methoxy groups -OCH3 is 2. The van der Waals surface area contributed by atoms with E-state index in [1.807, 2.05) is 0 Å². The van der Waals surface area contributed by atoms with Crippen LogP contribution in [0, 0.1) is 20.2 Å². The molecule has 0 heterocycles. The molecule has 0 unspecified atom stereocenters. The minimum absolute atomic E-state index is 0.108. The summed E-state index contributed by atoms with van der Waals surface area (Å²) in [7, 11) is 2.82. The van der Waals surface area contributed by atoms with Crippen molar-refractivity contribution in [3.63, 3.8) is 0 Å². The van der Waals surface area contributed by atoms with Crippen LogP contribution >= 0.6 is 0 Å². The molecule has 144 valence electrons. The van der Waals surface area contributed by atoms with Crippen molar-refractivity contribution in [3.8, 4) is 23.0 Å². The van der Waals surface area contributed by atoms with Crippen LogP contribution in [0.4, 0.5) is 11.4 Å². The van der Waals surface area contributed by atoms with Crippen LogP contribution in [0.3, 0.4) is 0 Å². The van der Waals surface area contributed by atoms with E-state index < -0.39 is 9.85 Å². The van der Waals surface area contributed by atoms with Crippen molar-refractivity contribution in [3.05, 3.63) is 56.6 Å². The van der Waals surface area contributed by atoms with Crippen molar-refractivity contribution in [2.45, 2.75) is 6.42 Å². The van der Waals surface area contributed by atoms with Crippen molar-refractivity contribution in [2.75, 3.05) is 27.4 Å². The van der Waals surface area contributed by atoms with Gasteiger partial charge in [-0.15, -0.1) is 0 Å². The number of rotatable bonds is 10. The van der Waals surface area contributed by atoms with Crippen LogP contribution in [0.2, 0.25) is 0 Å². The Labute approximate surface area is 154 Å². The van der Waals surface area contributed by atoms with Gasteiger partial charge < -0.3 is 18.9 Å². The fraction of sp³-hybridized carbons (Fsp3) is 0.294. The molecule has 0 spiro atoms. The Morgan fingerprint density at radius 2 is 1.19 bits per heavy atom. The van der Waals surface area contributed by atoms with Gasteiger partial charge in [0.15, 0.2) is 11.5 Å². The van der Waals surface area contributed by atoms with E-state index in [1.165, 1.54) is 38.5 Å². The highest BCUT2D eigenvalue weighted by molar-refractivity contribution is 5.51. The third kappa shape index (κ3) is 5.21. The van der Waals surface area contributed by atoms with E-state index in [2.05, 4.69) is 0 Å². The van der Waals surface area contributed by atoms with Gasteiger partial charge in [0, 0.05) is 6.42 Å². The van der Waals surface area contributed by atoms with Crippen molar-refractivity contribution in [1.82, 2.24) is 0 Å². The summed E-state index contributed by atoms with van der Waals surface area (Å²) >= 11 is 0. The molecule has 0 saturated heterocycles. The van der Waals surface area contributed by atoms with Crippen LogP contribution in [0.5, 0.6) is 23.0 Å². The maximum Gasteiger partial charge on any atom is 0.314 e. The van der Waals surface area contributed by atoms with Crippen molar-refractivity contribution >= 4 is 11.4 Å². The lowest BCUT2D eigenvalue weighted by molar-refractivity contribution is -0.386. The highest BCUT2D eigenvalue weighted by Crippen LogP contribution is 2.32. The molecule has 0 bridgehead atoms. The van der Waals surface area contributed by atoms with E-state index in [4.69, 9.17) is 18.9 Å². The summed E-state index contributed by atoms with van der Waals surface area (Å²) in [6.07, 6.45) is 0.367. The molecule has 0 radical (unpaired) electrons. The quantitative estimate of drug-likeness (QED) is 0.350. The van der Waals surface area contributed by atoms with Gasteiger partial charge in [-0.05, 0) is 24.3 Å². The summed E-state index contributed by atoms with van der Waals surface area (Å²) in [4.78, 5) is 21.1. The monoisotopic (exact) mass is 378 g/mol. The predicted molar refractivity (Wildman–Crippen MR) is 94.9 cm³/mol. The summed E-state index contributed by atoms with van der Waals surface area (Å²) in [5.41, 5.74) is -0.415. The van der Waals surface area contributed by atoms with E-state index in [-0.39, 0.29) is 36.1 Å². The van der Waals surface area contributed by atoms with Gasteiger partial charge in [0.05, 0.1) is 49.4 Å². The Balaban J connectivity index is 1.91. The first kappa shape index (κ1) is 19.8. The molecule has 2 aromatic rings. The van der Waals surface area contributed by atoms with Gasteiger partial charge in [-0.1, -0.05) is 0 Å². The number of nitro groups is 2. The molecule has 0 aromatic heterocycles. The van der Waals surface area contributed by atoms with Crippen LogP contribution in [0.15, 0.2) is 36.4 Å². The van der Waals surface area contributed by atoms with Crippen LogP contribution in [0.1, 0.15) is 6.42 Å². The SMILES string of the molecule is COc1ccc(OCCCOc2ccc(OC)cc2[N+](=O)[O-])c([N+](=O)[O-])c1. The molecule has 0 aliphatic heterocycles. The molecule has 0 aliphatic carbocycles. The molecule has 0 N–H and O–H groups in total. The van der Waals surface area contributed by atoms with Gasteiger partial charge in [0.25, 0.3) is 0 Å². The van der Waals surface area contributed by atoms with Gasteiger partial charge in [-0.25, -0.2) is 0 Å². The van der Waals surface area contributed by atoms with Gasteiger partial charge in [-0.2, -0.15) is 0 Å². The number of ether oxygens (including phenoxy) is 4. The lowest BCUT2D eigenvalue weighted by Crippen LogP contribution is -2.07. The first-order valence-corrected chi connectivity index (χ1v) is 7.86. The Kier molecular flexibility index (Phi) is 6.75. The summed E-state index contributed by atoms with van der Waals surface area (Å²) in [6.45, 7) is 0.272.